The van der Waals surface area contributed by atoms with Gasteiger partial charge < -0.3 is 15.4 Å². The van der Waals surface area contributed by atoms with Gasteiger partial charge in [-0.15, -0.1) is 0 Å². The van der Waals surface area contributed by atoms with Gasteiger partial charge in [-0.05, 0) is 19.8 Å². The zero-order valence-corrected chi connectivity index (χ0v) is 14.3. The molecule has 0 fully saturated rings. The molecule has 0 aromatic carbocycles. The summed E-state index contributed by atoms with van der Waals surface area (Å²) in [4.78, 5) is 9.29. The van der Waals surface area contributed by atoms with E-state index in [1.165, 1.54) is 0 Å². The molecule has 0 amide bonds. The van der Waals surface area contributed by atoms with Crippen LogP contribution in [0, 0.1) is 6.92 Å². The van der Waals surface area contributed by atoms with Crippen LogP contribution in [-0.2, 0) is 10.2 Å². The van der Waals surface area contributed by atoms with Gasteiger partial charge in [-0.1, -0.05) is 27.7 Å². The van der Waals surface area contributed by atoms with Crippen LogP contribution in [0.4, 0.5) is 11.6 Å². The van der Waals surface area contributed by atoms with Crippen molar-refractivity contribution in [3.8, 4) is 0 Å². The molecule has 0 aliphatic carbocycles. The summed E-state index contributed by atoms with van der Waals surface area (Å²) in [7, 11) is 1.89. The number of nitrogens with one attached hydrogen (secondary N) is 2. The van der Waals surface area contributed by atoms with Crippen LogP contribution in [0.5, 0.6) is 0 Å². The van der Waals surface area contributed by atoms with Crippen molar-refractivity contribution in [1.82, 2.24) is 9.97 Å². The summed E-state index contributed by atoms with van der Waals surface area (Å²) in [5.74, 6) is 2.65. The van der Waals surface area contributed by atoms with E-state index in [1.807, 2.05) is 14.0 Å². The Kier molecular flexibility index (Phi) is 6.89. The Hall–Kier alpha value is -1.36. The second-order valence-corrected chi connectivity index (χ2v) is 6.26. The fourth-order valence-electron chi connectivity index (χ4n) is 1.90. The summed E-state index contributed by atoms with van der Waals surface area (Å²) < 4.78 is 5.49. The standard InChI is InChI=1S/C16H30N4O/c1-7-10-21-11-8-9-18-14-12(2)13(17-6)19-15(20-14)16(3,4)5/h7-11H2,1-6H3,(H2,17,18,19,20). The first-order valence-electron chi connectivity index (χ1n) is 7.78. The molecule has 1 aromatic rings. The molecule has 0 aliphatic heterocycles. The van der Waals surface area contributed by atoms with Crippen LogP contribution in [0.1, 0.15) is 51.9 Å². The number of ether oxygens (including phenoxy) is 1. The Morgan fingerprint density at radius 1 is 1.10 bits per heavy atom. The number of nitrogens with zero attached hydrogens (tertiary/aromatic N) is 2. The van der Waals surface area contributed by atoms with E-state index in [2.05, 4.69) is 48.3 Å². The van der Waals surface area contributed by atoms with Crippen molar-refractivity contribution in [3.05, 3.63) is 11.4 Å². The highest BCUT2D eigenvalue weighted by Gasteiger charge is 2.20. The minimum atomic E-state index is -0.0695. The molecule has 0 saturated heterocycles. The predicted octanol–water partition coefficient (Wildman–Crippen LogP) is 3.35. The summed E-state index contributed by atoms with van der Waals surface area (Å²) in [6.45, 7) is 13.0. The molecule has 1 aromatic heterocycles. The van der Waals surface area contributed by atoms with E-state index in [4.69, 9.17) is 4.74 Å². The molecule has 120 valence electrons. The van der Waals surface area contributed by atoms with Crippen molar-refractivity contribution >= 4 is 11.6 Å². The maximum absolute atomic E-state index is 5.49. The van der Waals surface area contributed by atoms with Crippen molar-refractivity contribution in [1.29, 1.82) is 0 Å². The third-order valence-electron chi connectivity index (χ3n) is 3.16. The van der Waals surface area contributed by atoms with Gasteiger partial charge in [0.1, 0.15) is 17.5 Å². The number of hydrogen-bond acceptors (Lipinski definition) is 5. The molecular weight excluding hydrogens is 264 g/mol. The summed E-state index contributed by atoms with van der Waals surface area (Å²) >= 11 is 0. The summed E-state index contributed by atoms with van der Waals surface area (Å²) in [6, 6.07) is 0. The molecule has 0 spiro atoms. The molecule has 0 bridgehead atoms. The number of anilines is 2. The molecular formula is C16H30N4O. The van der Waals surface area contributed by atoms with Crippen LogP contribution in [0.25, 0.3) is 0 Å². The average Bonchev–Trinajstić information content (AvgIpc) is 2.43. The second kappa shape index (κ2) is 8.17. The molecule has 0 unspecified atom stereocenters. The lowest BCUT2D eigenvalue weighted by atomic mass is 9.95. The first-order chi connectivity index (χ1) is 9.90. The maximum Gasteiger partial charge on any atom is 0.138 e. The zero-order chi connectivity index (χ0) is 15.9. The van der Waals surface area contributed by atoms with Gasteiger partial charge in [-0.3, -0.25) is 0 Å². The SMILES string of the molecule is CCCOCCCNc1nc(C(C)(C)C)nc(NC)c1C. The van der Waals surface area contributed by atoms with Crippen molar-refractivity contribution in [2.75, 3.05) is 37.4 Å². The van der Waals surface area contributed by atoms with Gasteiger partial charge in [-0.25, -0.2) is 9.97 Å². The van der Waals surface area contributed by atoms with Crippen molar-refractivity contribution < 1.29 is 4.74 Å². The Morgan fingerprint density at radius 2 is 1.76 bits per heavy atom. The molecule has 5 nitrogen and oxygen atoms in total. The molecule has 0 atom stereocenters. The number of hydrogen-bond donors (Lipinski definition) is 2. The summed E-state index contributed by atoms with van der Waals surface area (Å²) in [5, 5.41) is 6.56. The van der Waals surface area contributed by atoms with E-state index >= 15 is 0 Å². The highest BCUT2D eigenvalue weighted by atomic mass is 16.5. The molecule has 1 heterocycles. The summed E-state index contributed by atoms with van der Waals surface area (Å²) in [5.41, 5.74) is 0.986. The van der Waals surface area contributed by atoms with Crippen LogP contribution in [0.3, 0.4) is 0 Å². The molecule has 1 rings (SSSR count). The Balaban J connectivity index is 2.72. The predicted molar refractivity (Wildman–Crippen MR) is 89.2 cm³/mol. The molecule has 0 saturated carbocycles. The highest BCUT2D eigenvalue weighted by Crippen LogP contribution is 2.25. The van der Waals surface area contributed by atoms with Gasteiger partial charge in [-0.2, -0.15) is 0 Å². The van der Waals surface area contributed by atoms with Crippen LogP contribution < -0.4 is 10.6 Å². The molecule has 5 heteroatoms. The lowest BCUT2D eigenvalue weighted by Gasteiger charge is -2.20. The van der Waals surface area contributed by atoms with Gasteiger partial charge in [0.25, 0.3) is 0 Å². The van der Waals surface area contributed by atoms with E-state index in [9.17, 15) is 0 Å². The fraction of sp³-hybridized carbons (Fsp3) is 0.750. The topological polar surface area (TPSA) is 59.1 Å². The van der Waals surface area contributed by atoms with Gasteiger partial charge in [0.2, 0.25) is 0 Å². The van der Waals surface area contributed by atoms with Crippen LogP contribution in [0.2, 0.25) is 0 Å². The third-order valence-corrected chi connectivity index (χ3v) is 3.16. The number of rotatable bonds is 8. The Labute approximate surface area is 128 Å². The number of aromatic nitrogens is 2. The molecule has 0 radical (unpaired) electrons. The fourth-order valence-corrected chi connectivity index (χ4v) is 1.90. The van der Waals surface area contributed by atoms with E-state index in [0.717, 1.165) is 55.6 Å². The quantitative estimate of drug-likeness (QED) is 0.720. The van der Waals surface area contributed by atoms with Crippen molar-refractivity contribution in [2.24, 2.45) is 0 Å². The van der Waals surface area contributed by atoms with E-state index in [-0.39, 0.29) is 5.41 Å². The maximum atomic E-state index is 5.49. The van der Waals surface area contributed by atoms with Crippen LogP contribution in [-0.4, -0.2) is 36.8 Å². The lowest BCUT2D eigenvalue weighted by Crippen LogP contribution is -2.20. The first kappa shape index (κ1) is 17.7. The monoisotopic (exact) mass is 294 g/mol. The minimum absolute atomic E-state index is 0.0695. The Morgan fingerprint density at radius 3 is 2.33 bits per heavy atom. The van der Waals surface area contributed by atoms with Gasteiger partial charge in [0.05, 0.1) is 0 Å². The van der Waals surface area contributed by atoms with Crippen molar-refractivity contribution in [3.63, 3.8) is 0 Å². The van der Waals surface area contributed by atoms with Crippen molar-refractivity contribution in [2.45, 2.75) is 52.9 Å². The second-order valence-electron chi connectivity index (χ2n) is 6.26. The normalized spacial score (nSPS) is 11.5. The average molecular weight is 294 g/mol. The zero-order valence-electron chi connectivity index (χ0n) is 14.3. The van der Waals surface area contributed by atoms with Crippen LogP contribution in [0.15, 0.2) is 0 Å². The minimum Gasteiger partial charge on any atom is -0.381 e. The van der Waals surface area contributed by atoms with Gasteiger partial charge >= 0.3 is 0 Å². The molecule has 2 N–H and O–H groups in total. The third kappa shape index (κ3) is 5.50. The Bertz CT molecular complexity index is 441. The van der Waals surface area contributed by atoms with Crippen LogP contribution >= 0.6 is 0 Å². The molecule has 0 aliphatic rings. The van der Waals surface area contributed by atoms with Gasteiger partial charge in [0.15, 0.2) is 0 Å². The van der Waals surface area contributed by atoms with E-state index < -0.39 is 0 Å². The molecule has 21 heavy (non-hydrogen) atoms. The largest absolute Gasteiger partial charge is 0.381 e. The van der Waals surface area contributed by atoms with E-state index in [1.54, 1.807) is 0 Å². The van der Waals surface area contributed by atoms with Gasteiger partial charge in [0, 0.05) is 37.8 Å². The highest BCUT2D eigenvalue weighted by molar-refractivity contribution is 5.57. The first-order valence-corrected chi connectivity index (χ1v) is 7.78. The lowest BCUT2D eigenvalue weighted by molar-refractivity contribution is 0.134. The van der Waals surface area contributed by atoms with E-state index in [0.29, 0.717) is 0 Å². The summed E-state index contributed by atoms with van der Waals surface area (Å²) in [6.07, 6.45) is 2.04. The smallest absolute Gasteiger partial charge is 0.138 e.